The van der Waals surface area contributed by atoms with Gasteiger partial charge in [-0.1, -0.05) is 11.6 Å². The molecule has 0 heterocycles. The van der Waals surface area contributed by atoms with E-state index in [2.05, 4.69) is 5.32 Å². The van der Waals surface area contributed by atoms with Crippen molar-refractivity contribution < 1.29 is 19.1 Å². The number of amides is 1. The highest BCUT2D eigenvalue weighted by Crippen LogP contribution is 2.38. The SMILES string of the molecule is CCOc1c(Cl)cc(C(=O)Nc2ccc(C(C)=O)cc2)cc1OCC1CC1. The van der Waals surface area contributed by atoms with E-state index in [1.54, 1.807) is 36.4 Å². The third kappa shape index (κ3) is 5.01. The molecule has 1 amide bonds. The zero-order valence-electron chi connectivity index (χ0n) is 15.4. The number of rotatable bonds is 8. The van der Waals surface area contributed by atoms with E-state index in [0.717, 1.165) is 12.8 Å². The first kappa shape index (κ1) is 19.2. The van der Waals surface area contributed by atoms with Crippen molar-refractivity contribution in [3.05, 3.63) is 52.5 Å². The Bertz CT molecular complexity index is 844. The molecule has 6 heteroatoms. The largest absolute Gasteiger partial charge is 0.489 e. The van der Waals surface area contributed by atoms with Gasteiger partial charge in [0.1, 0.15) is 0 Å². The highest BCUT2D eigenvalue weighted by Gasteiger charge is 2.24. The fourth-order valence-corrected chi connectivity index (χ4v) is 2.84. The van der Waals surface area contributed by atoms with Gasteiger partial charge in [-0.05, 0) is 69.0 Å². The predicted molar refractivity (Wildman–Crippen MR) is 105 cm³/mol. The molecule has 0 saturated heterocycles. The van der Waals surface area contributed by atoms with Crippen LogP contribution in [0.4, 0.5) is 5.69 Å². The van der Waals surface area contributed by atoms with Gasteiger partial charge in [0.15, 0.2) is 17.3 Å². The topological polar surface area (TPSA) is 64.6 Å². The molecule has 0 aliphatic heterocycles. The van der Waals surface area contributed by atoms with Gasteiger partial charge in [0.05, 0.1) is 18.2 Å². The lowest BCUT2D eigenvalue weighted by atomic mass is 10.1. The molecule has 142 valence electrons. The van der Waals surface area contributed by atoms with E-state index in [1.807, 2.05) is 6.92 Å². The Balaban J connectivity index is 1.79. The number of hydrogen-bond donors (Lipinski definition) is 1. The molecule has 0 atom stereocenters. The van der Waals surface area contributed by atoms with E-state index < -0.39 is 0 Å². The normalized spacial score (nSPS) is 13.1. The zero-order valence-corrected chi connectivity index (χ0v) is 16.1. The minimum absolute atomic E-state index is 0.0244. The summed E-state index contributed by atoms with van der Waals surface area (Å²) in [5.41, 5.74) is 1.56. The van der Waals surface area contributed by atoms with Gasteiger partial charge in [-0.25, -0.2) is 0 Å². The summed E-state index contributed by atoms with van der Waals surface area (Å²) in [6.07, 6.45) is 2.32. The molecule has 1 aliphatic rings. The number of halogens is 1. The lowest BCUT2D eigenvalue weighted by Crippen LogP contribution is -2.13. The molecule has 1 N–H and O–H groups in total. The van der Waals surface area contributed by atoms with Gasteiger partial charge in [0.2, 0.25) is 0 Å². The van der Waals surface area contributed by atoms with Crippen LogP contribution in [-0.2, 0) is 0 Å². The number of carbonyl (C=O) groups is 2. The summed E-state index contributed by atoms with van der Waals surface area (Å²) >= 11 is 6.32. The molecule has 3 rings (SSSR count). The minimum Gasteiger partial charge on any atom is -0.489 e. The fraction of sp³-hybridized carbons (Fsp3) is 0.333. The van der Waals surface area contributed by atoms with Crippen molar-refractivity contribution >= 4 is 29.0 Å². The van der Waals surface area contributed by atoms with E-state index in [1.165, 1.54) is 6.92 Å². The number of carbonyl (C=O) groups excluding carboxylic acids is 2. The van der Waals surface area contributed by atoms with Crippen LogP contribution in [-0.4, -0.2) is 24.9 Å². The Morgan fingerprint density at radius 3 is 2.41 bits per heavy atom. The Hall–Kier alpha value is -2.53. The number of hydrogen-bond acceptors (Lipinski definition) is 4. The summed E-state index contributed by atoms with van der Waals surface area (Å²) in [6.45, 7) is 4.41. The maximum absolute atomic E-state index is 12.6. The summed E-state index contributed by atoms with van der Waals surface area (Å²) < 4.78 is 11.4. The minimum atomic E-state index is -0.313. The summed E-state index contributed by atoms with van der Waals surface area (Å²) in [7, 11) is 0. The second-order valence-corrected chi connectivity index (χ2v) is 6.97. The smallest absolute Gasteiger partial charge is 0.255 e. The van der Waals surface area contributed by atoms with Crippen LogP contribution in [0.25, 0.3) is 0 Å². The molecule has 0 spiro atoms. The van der Waals surface area contributed by atoms with Crippen LogP contribution in [0.3, 0.4) is 0 Å². The van der Waals surface area contributed by atoms with E-state index in [-0.39, 0.29) is 11.7 Å². The maximum atomic E-state index is 12.6. The summed E-state index contributed by atoms with van der Waals surface area (Å²) in [4.78, 5) is 24.0. The summed E-state index contributed by atoms with van der Waals surface area (Å²) in [6, 6.07) is 9.94. The Morgan fingerprint density at radius 2 is 1.81 bits per heavy atom. The molecular formula is C21H22ClNO4. The van der Waals surface area contributed by atoms with Crippen LogP contribution in [0.1, 0.15) is 47.4 Å². The van der Waals surface area contributed by atoms with Crippen LogP contribution < -0.4 is 14.8 Å². The Labute approximate surface area is 163 Å². The van der Waals surface area contributed by atoms with Crippen molar-refractivity contribution in [2.75, 3.05) is 18.5 Å². The van der Waals surface area contributed by atoms with Crippen LogP contribution >= 0.6 is 11.6 Å². The molecular weight excluding hydrogens is 366 g/mol. The molecule has 0 radical (unpaired) electrons. The number of Topliss-reactive ketones (excluding diaryl/α,β-unsaturated/α-hetero) is 1. The average molecular weight is 388 g/mol. The van der Waals surface area contributed by atoms with Gasteiger partial charge >= 0.3 is 0 Å². The monoisotopic (exact) mass is 387 g/mol. The molecule has 2 aromatic carbocycles. The van der Waals surface area contributed by atoms with E-state index in [4.69, 9.17) is 21.1 Å². The molecule has 1 saturated carbocycles. The highest BCUT2D eigenvalue weighted by molar-refractivity contribution is 6.32. The first-order valence-corrected chi connectivity index (χ1v) is 9.37. The van der Waals surface area contributed by atoms with Gasteiger partial charge < -0.3 is 14.8 Å². The quantitative estimate of drug-likeness (QED) is 0.648. The summed E-state index contributed by atoms with van der Waals surface area (Å²) in [5, 5.41) is 3.14. The Morgan fingerprint density at radius 1 is 1.11 bits per heavy atom. The average Bonchev–Trinajstić information content (AvgIpc) is 3.47. The number of ether oxygens (including phenoxy) is 2. The van der Waals surface area contributed by atoms with Crippen molar-refractivity contribution in [2.45, 2.75) is 26.7 Å². The van der Waals surface area contributed by atoms with Crippen LogP contribution in [0, 0.1) is 5.92 Å². The van der Waals surface area contributed by atoms with Crippen LogP contribution in [0.5, 0.6) is 11.5 Å². The molecule has 2 aromatic rings. The molecule has 0 bridgehead atoms. The first-order chi connectivity index (χ1) is 13.0. The third-order valence-electron chi connectivity index (χ3n) is 4.28. The van der Waals surface area contributed by atoms with Crippen LogP contribution in [0.2, 0.25) is 5.02 Å². The first-order valence-electron chi connectivity index (χ1n) is 8.99. The van der Waals surface area contributed by atoms with Crippen molar-refractivity contribution in [1.29, 1.82) is 0 Å². The summed E-state index contributed by atoms with van der Waals surface area (Å²) in [5.74, 6) is 1.17. The van der Waals surface area contributed by atoms with Gasteiger partial charge in [-0.2, -0.15) is 0 Å². The van der Waals surface area contributed by atoms with Gasteiger partial charge in [0.25, 0.3) is 5.91 Å². The molecule has 0 aromatic heterocycles. The lowest BCUT2D eigenvalue weighted by Gasteiger charge is -2.15. The predicted octanol–water partition coefficient (Wildman–Crippen LogP) is 4.98. The number of anilines is 1. The molecule has 1 aliphatic carbocycles. The molecule has 27 heavy (non-hydrogen) atoms. The highest BCUT2D eigenvalue weighted by atomic mass is 35.5. The number of ketones is 1. The second-order valence-electron chi connectivity index (χ2n) is 6.56. The van der Waals surface area contributed by atoms with Gasteiger partial charge in [0, 0.05) is 16.8 Å². The lowest BCUT2D eigenvalue weighted by molar-refractivity contribution is 0.101. The second kappa shape index (κ2) is 8.44. The van der Waals surface area contributed by atoms with Crippen molar-refractivity contribution in [1.82, 2.24) is 0 Å². The third-order valence-corrected chi connectivity index (χ3v) is 4.56. The van der Waals surface area contributed by atoms with E-state index in [9.17, 15) is 9.59 Å². The standard InChI is InChI=1S/C21H22ClNO4/c1-3-26-20-18(22)10-16(11-19(20)27-12-14-4-5-14)21(25)23-17-8-6-15(7-9-17)13(2)24/h6-11,14H,3-5,12H2,1-2H3,(H,23,25). The van der Waals surface area contributed by atoms with E-state index in [0.29, 0.717) is 52.5 Å². The zero-order chi connectivity index (χ0) is 19.4. The molecule has 5 nitrogen and oxygen atoms in total. The molecule has 0 unspecified atom stereocenters. The molecule has 1 fully saturated rings. The number of benzene rings is 2. The fourth-order valence-electron chi connectivity index (χ4n) is 2.57. The van der Waals surface area contributed by atoms with Crippen molar-refractivity contribution in [3.8, 4) is 11.5 Å². The van der Waals surface area contributed by atoms with Crippen molar-refractivity contribution in [3.63, 3.8) is 0 Å². The van der Waals surface area contributed by atoms with Gasteiger partial charge in [-0.3, -0.25) is 9.59 Å². The maximum Gasteiger partial charge on any atom is 0.255 e. The van der Waals surface area contributed by atoms with E-state index >= 15 is 0 Å². The van der Waals surface area contributed by atoms with Crippen molar-refractivity contribution in [2.24, 2.45) is 5.92 Å². The van der Waals surface area contributed by atoms with Gasteiger partial charge in [-0.15, -0.1) is 0 Å². The Kier molecular flexibility index (Phi) is 6.01. The number of nitrogens with one attached hydrogen (secondary N) is 1. The van der Waals surface area contributed by atoms with Crippen LogP contribution in [0.15, 0.2) is 36.4 Å².